The number of H-pyrrole nitrogens is 1. The molecule has 0 atom stereocenters. The Morgan fingerprint density at radius 2 is 2.12 bits per heavy atom. The molecular weight excluding hydrogens is 263 g/mol. The Labute approximate surface area is 107 Å². The molecule has 0 unspecified atom stereocenters. The van der Waals surface area contributed by atoms with Crippen molar-refractivity contribution in [2.75, 3.05) is 11.1 Å². The van der Waals surface area contributed by atoms with Crippen LogP contribution in [0.5, 0.6) is 0 Å². The van der Waals surface area contributed by atoms with Gasteiger partial charge in [0, 0.05) is 5.69 Å². The third-order valence-electron chi connectivity index (χ3n) is 2.07. The monoisotopic (exact) mass is 270 g/mol. The number of amides is 1. The maximum absolute atomic E-state index is 11.8. The molecule has 0 radical (unpaired) electrons. The van der Waals surface area contributed by atoms with Crippen LogP contribution in [0, 0.1) is 0 Å². The van der Waals surface area contributed by atoms with Gasteiger partial charge in [-0.05, 0) is 18.2 Å². The van der Waals surface area contributed by atoms with Gasteiger partial charge in [-0.15, -0.1) is 0 Å². The van der Waals surface area contributed by atoms with Crippen molar-refractivity contribution in [1.82, 2.24) is 10.2 Å². The topological polar surface area (TPSA) is 83.8 Å². The standard InChI is InChI=1S/C10H8Cl2N4O/c11-6-2-1-5(3-7(6)12)15-10(17)9-8(13)4-14-16-9/h1-4H,13H2,(H,14,16)(H,15,17). The van der Waals surface area contributed by atoms with E-state index in [0.29, 0.717) is 15.7 Å². The Bertz CT molecular complexity index is 567. The van der Waals surface area contributed by atoms with E-state index in [2.05, 4.69) is 15.5 Å². The molecule has 0 aliphatic carbocycles. The van der Waals surface area contributed by atoms with Crippen LogP contribution < -0.4 is 11.1 Å². The smallest absolute Gasteiger partial charge is 0.275 e. The molecule has 0 saturated heterocycles. The average molecular weight is 271 g/mol. The zero-order chi connectivity index (χ0) is 12.4. The molecule has 2 aromatic rings. The van der Waals surface area contributed by atoms with Gasteiger partial charge in [-0.3, -0.25) is 9.89 Å². The fourth-order valence-electron chi connectivity index (χ4n) is 1.24. The number of benzene rings is 1. The summed E-state index contributed by atoms with van der Waals surface area (Å²) in [5.41, 5.74) is 6.56. The van der Waals surface area contributed by atoms with Gasteiger partial charge < -0.3 is 11.1 Å². The maximum atomic E-state index is 11.8. The highest BCUT2D eigenvalue weighted by Crippen LogP contribution is 2.25. The first-order chi connectivity index (χ1) is 8.08. The number of carbonyl (C=O) groups excluding carboxylic acids is 1. The second-order valence-corrected chi connectivity index (χ2v) is 4.10. The summed E-state index contributed by atoms with van der Waals surface area (Å²) < 4.78 is 0. The normalized spacial score (nSPS) is 10.2. The number of anilines is 2. The highest BCUT2D eigenvalue weighted by Gasteiger charge is 2.12. The van der Waals surface area contributed by atoms with Gasteiger partial charge >= 0.3 is 0 Å². The van der Waals surface area contributed by atoms with Crippen molar-refractivity contribution >= 4 is 40.5 Å². The summed E-state index contributed by atoms with van der Waals surface area (Å²) >= 11 is 11.6. The first-order valence-electron chi connectivity index (χ1n) is 4.63. The fourth-order valence-corrected chi connectivity index (χ4v) is 1.54. The number of rotatable bonds is 2. The van der Waals surface area contributed by atoms with Gasteiger partial charge in [0.05, 0.1) is 21.9 Å². The molecule has 0 aliphatic rings. The molecule has 1 aromatic carbocycles. The number of hydrogen-bond acceptors (Lipinski definition) is 3. The molecule has 1 aromatic heterocycles. The Kier molecular flexibility index (Phi) is 3.21. The number of hydrogen-bond donors (Lipinski definition) is 3. The lowest BCUT2D eigenvalue weighted by molar-refractivity contribution is 0.102. The van der Waals surface area contributed by atoms with E-state index in [0.717, 1.165) is 0 Å². The number of aromatic nitrogens is 2. The van der Waals surface area contributed by atoms with E-state index in [1.807, 2.05) is 0 Å². The second-order valence-electron chi connectivity index (χ2n) is 3.28. The molecule has 4 N–H and O–H groups in total. The van der Waals surface area contributed by atoms with Crippen LogP contribution in [0.25, 0.3) is 0 Å². The summed E-state index contributed by atoms with van der Waals surface area (Å²) in [5, 5.41) is 9.57. The Morgan fingerprint density at radius 3 is 2.71 bits per heavy atom. The number of halogens is 2. The van der Waals surface area contributed by atoms with E-state index in [9.17, 15) is 4.79 Å². The number of nitrogens with two attached hydrogens (primary N) is 1. The molecule has 0 spiro atoms. The molecule has 5 nitrogen and oxygen atoms in total. The van der Waals surface area contributed by atoms with E-state index >= 15 is 0 Å². The van der Waals surface area contributed by atoms with Crippen molar-refractivity contribution < 1.29 is 4.79 Å². The lowest BCUT2D eigenvalue weighted by Crippen LogP contribution is -2.14. The average Bonchev–Trinajstić information content (AvgIpc) is 2.70. The van der Waals surface area contributed by atoms with Crippen LogP contribution in [0.1, 0.15) is 10.5 Å². The summed E-state index contributed by atoms with van der Waals surface area (Å²) in [7, 11) is 0. The minimum absolute atomic E-state index is 0.205. The van der Waals surface area contributed by atoms with Crippen LogP contribution >= 0.6 is 23.2 Å². The quantitative estimate of drug-likeness (QED) is 0.784. The molecule has 0 aliphatic heterocycles. The van der Waals surface area contributed by atoms with E-state index in [4.69, 9.17) is 28.9 Å². The van der Waals surface area contributed by atoms with Crippen molar-refractivity contribution in [3.63, 3.8) is 0 Å². The number of aromatic amines is 1. The minimum Gasteiger partial charge on any atom is -0.396 e. The summed E-state index contributed by atoms with van der Waals surface area (Å²) in [4.78, 5) is 11.8. The molecule has 0 bridgehead atoms. The zero-order valence-corrected chi connectivity index (χ0v) is 10.0. The van der Waals surface area contributed by atoms with Crippen LogP contribution in [-0.2, 0) is 0 Å². The number of nitrogens with zero attached hydrogens (tertiary/aromatic N) is 1. The van der Waals surface area contributed by atoms with Gasteiger partial charge in [-0.25, -0.2) is 0 Å². The van der Waals surface area contributed by atoms with Crippen LogP contribution in [0.4, 0.5) is 11.4 Å². The lowest BCUT2D eigenvalue weighted by atomic mass is 10.3. The van der Waals surface area contributed by atoms with Crippen molar-refractivity contribution in [1.29, 1.82) is 0 Å². The molecule has 0 saturated carbocycles. The first-order valence-corrected chi connectivity index (χ1v) is 5.39. The predicted octanol–water partition coefficient (Wildman–Crippen LogP) is 2.55. The summed E-state index contributed by atoms with van der Waals surface area (Å²) in [5.74, 6) is -0.390. The summed E-state index contributed by atoms with van der Waals surface area (Å²) in [6, 6.07) is 4.78. The van der Waals surface area contributed by atoms with Crippen molar-refractivity contribution in [3.05, 3.63) is 40.1 Å². The fraction of sp³-hybridized carbons (Fsp3) is 0. The van der Waals surface area contributed by atoms with Gasteiger partial charge in [-0.2, -0.15) is 5.10 Å². The Balaban J connectivity index is 2.19. The first kappa shape index (κ1) is 11.8. The zero-order valence-electron chi connectivity index (χ0n) is 8.50. The Morgan fingerprint density at radius 1 is 1.35 bits per heavy atom. The van der Waals surface area contributed by atoms with Crippen LogP contribution in [0.2, 0.25) is 10.0 Å². The molecule has 0 fully saturated rings. The molecular formula is C10H8Cl2N4O. The number of carbonyl (C=O) groups is 1. The van der Waals surface area contributed by atoms with Crippen LogP contribution in [-0.4, -0.2) is 16.1 Å². The van der Waals surface area contributed by atoms with Crippen LogP contribution in [0.15, 0.2) is 24.4 Å². The molecule has 7 heteroatoms. The lowest BCUT2D eigenvalue weighted by Gasteiger charge is -2.05. The summed E-state index contributed by atoms with van der Waals surface area (Å²) in [6.45, 7) is 0. The number of nitrogens with one attached hydrogen (secondary N) is 2. The van der Waals surface area contributed by atoms with E-state index in [-0.39, 0.29) is 11.4 Å². The highest BCUT2D eigenvalue weighted by molar-refractivity contribution is 6.42. The minimum atomic E-state index is -0.390. The largest absolute Gasteiger partial charge is 0.396 e. The number of nitrogen functional groups attached to an aromatic ring is 1. The van der Waals surface area contributed by atoms with E-state index < -0.39 is 5.91 Å². The van der Waals surface area contributed by atoms with Gasteiger partial charge in [0.15, 0.2) is 0 Å². The third-order valence-corrected chi connectivity index (χ3v) is 2.81. The van der Waals surface area contributed by atoms with Crippen molar-refractivity contribution in [2.45, 2.75) is 0 Å². The van der Waals surface area contributed by atoms with Gasteiger partial charge in [0.1, 0.15) is 5.69 Å². The Hall–Kier alpha value is -1.72. The molecule has 1 amide bonds. The van der Waals surface area contributed by atoms with Crippen molar-refractivity contribution in [2.24, 2.45) is 0 Å². The molecule has 1 heterocycles. The van der Waals surface area contributed by atoms with Crippen LogP contribution in [0.3, 0.4) is 0 Å². The van der Waals surface area contributed by atoms with Crippen molar-refractivity contribution in [3.8, 4) is 0 Å². The van der Waals surface area contributed by atoms with Gasteiger partial charge in [0.2, 0.25) is 0 Å². The maximum Gasteiger partial charge on any atom is 0.275 e. The highest BCUT2D eigenvalue weighted by atomic mass is 35.5. The van der Waals surface area contributed by atoms with E-state index in [1.165, 1.54) is 6.20 Å². The predicted molar refractivity (Wildman–Crippen MR) is 67.4 cm³/mol. The molecule has 2 rings (SSSR count). The van der Waals surface area contributed by atoms with Gasteiger partial charge in [0.25, 0.3) is 5.91 Å². The SMILES string of the molecule is Nc1cn[nH]c1C(=O)Nc1ccc(Cl)c(Cl)c1. The molecule has 17 heavy (non-hydrogen) atoms. The third kappa shape index (κ3) is 2.51. The van der Waals surface area contributed by atoms with Gasteiger partial charge in [-0.1, -0.05) is 23.2 Å². The summed E-state index contributed by atoms with van der Waals surface area (Å²) in [6.07, 6.45) is 1.36. The molecule has 88 valence electrons. The second kappa shape index (κ2) is 4.65. The van der Waals surface area contributed by atoms with E-state index in [1.54, 1.807) is 18.2 Å².